The smallest absolute Gasteiger partial charge is 0.132 e. The van der Waals surface area contributed by atoms with Gasteiger partial charge in [-0.05, 0) is 19.3 Å². The Morgan fingerprint density at radius 1 is 0.794 bits per heavy atom. The summed E-state index contributed by atoms with van der Waals surface area (Å²) in [6.45, 7) is 12.9. The number of unbranched alkanes of at least 4 members (excludes halogenated alkanes) is 1. The molecule has 198 valence electrons. The Balaban J connectivity index is 1.77. The molecule has 0 saturated heterocycles. The van der Waals surface area contributed by atoms with Crippen LogP contribution in [-0.4, -0.2) is 93.5 Å². The molecule has 0 amide bonds. The predicted molar refractivity (Wildman–Crippen MR) is 128 cm³/mol. The molecule has 10 heteroatoms. The van der Waals surface area contributed by atoms with E-state index in [0.717, 1.165) is 24.6 Å². The molecule has 1 aromatic heterocycles. The van der Waals surface area contributed by atoms with Crippen molar-refractivity contribution in [2.45, 2.75) is 59.6 Å². The molecule has 0 aromatic carbocycles. The average molecular weight is 488 g/mol. The van der Waals surface area contributed by atoms with Crippen molar-refractivity contribution >= 4 is 5.78 Å². The van der Waals surface area contributed by atoms with Crippen LogP contribution in [0.15, 0.2) is 6.20 Å². The van der Waals surface area contributed by atoms with Crippen molar-refractivity contribution in [3.05, 3.63) is 11.9 Å². The molecule has 0 unspecified atom stereocenters. The van der Waals surface area contributed by atoms with Gasteiger partial charge in [0.15, 0.2) is 0 Å². The van der Waals surface area contributed by atoms with Gasteiger partial charge in [0, 0.05) is 13.0 Å². The first-order valence-electron chi connectivity index (χ1n) is 12.4. The van der Waals surface area contributed by atoms with Crippen LogP contribution in [0.5, 0.6) is 0 Å². The zero-order valence-corrected chi connectivity index (χ0v) is 21.4. The molecule has 1 heterocycles. The first kappa shape index (κ1) is 30.6. The Morgan fingerprint density at radius 2 is 1.29 bits per heavy atom. The Labute approximate surface area is 204 Å². The number of Topliss-reactive ketones (excluding diaryl/α,β-unsaturated/α-hetero) is 1. The zero-order valence-electron chi connectivity index (χ0n) is 21.4. The number of ether oxygens (including phenoxy) is 6. The van der Waals surface area contributed by atoms with Gasteiger partial charge in [-0.25, -0.2) is 0 Å². The van der Waals surface area contributed by atoms with Crippen LogP contribution >= 0.6 is 0 Å². The van der Waals surface area contributed by atoms with Gasteiger partial charge in [-0.1, -0.05) is 31.9 Å². The van der Waals surface area contributed by atoms with Crippen LogP contribution in [0.3, 0.4) is 0 Å². The molecule has 0 saturated carbocycles. The molecule has 0 fully saturated rings. The Bertz CT molecular complexity index is 599. The fourth-order valence-electron chi connectivity index (χ4n) is 2.83. The van der Waals surface area contributed by atoms with Crippen molar-refractivity contribution in [3.8, 4) is 0 Å². The molecule has 1 aromatic rings. The number of ketones is 1. The molecule has 0 radical (unpaired) electrons. The minimum Gasteiger partial charge on any atom is -0.379 e. The minimum atomic E-state index is 0.132. The maximum Gasteiger partial charge on any atom is 0.132 e. The summed E-state index contributed by atoms with van der Waals surface area (Å²) >= 11 is 0. The summed E-state index contributed by atoms with van der Waals surface area (Å²) < 4.78 is 34.5. The molecule has 0 aliphatic carbocycles. The van der Waals surface area contributed by atoms with Crippen LogP contribution in [0.2, 0.25) is 0 Å². The summed E-state index contributed by atoms with van der Waals surface area (Å²) in [4.78, 5) is 10.7. The summed E-state index contributed by atoms with van der Waals surface area (Å²) in [5.41, 5.74) is 0.843. The van der Waals surface area contributed by atoms with E-state index in [1.807, 2.05) is 10.9 Å². The number of carbonyl (C=O) groups is 1. The summed E-state index contributed by atoms with van der Waals surface area (Å²) in [7, 11) is 0. The van der Waals surface area contributed by atoms with Gasteiger partial charge >= 0.3 is 0 Å². The van der Waals surface area contributed by atoms with Crippen molar-refractivity contribution in [1.82, 2.24) is 15.0 Å². The van der Waals surface area contributed by atoms with Crippen LogP contribution in [0.25, 0.3) is 0 Å². The van der Waals surface area contributed by atoms with Gasteiger partial charge < -0.3 is 28.4 Å². The van der Waals surface area contributed by atoms with Crippen LogP contribution in [0.4, 0.5) is 0 Å². The largest absolute Gasteiger partial charge is 0.379 e. The summed E-state index contributed by atoms with van der Waals surface area (Å²) in [5.74, 6) is 0.884. The molecule has 0 aliphatic rings. The van der Waals surface area contributed by atoms with Gasteiger partial charge in [-0.3, -0.25) is 9.48 Å². The first-order valence-corrected chi connectivity index (χ1v) is 12.4. The molecule has 0 aliphatic heterocycles. The molecule has 0 N–H and O–H groups in total. The summed E-state index contributed by atoms with van der Waals surface area (Å²) in [6.07, 6.45) is 5.99. The molecule has 0 spiro atoms. The third kappa shape index (κ3) is 20.0. The highest BCUT2D eigenvalue weighted by Gasteiger charge is 2.02. The van der Waals surface area contributed by atoms with Gasteiger partial charge in [-0.15, -0.1) is 5.10 Å². The number of carbonyl (C=O) groups excluding carboxylic acids is 1. The number of nitrogens with zero attached hydrogens (tertiary/aromatic N) is 3. The first-order chi connectivity index (χ1) is 16.6. The Hall–Kier alpha value is -1.43. The normalized spacial score (nSPS) is 11.5. The second kappa shape index (κ2) is 22.1. The van der Waals surface area contributed by atoms with Crippen LogP contribution in [-0.2, 0) is 46.4 Å². The van der Waals surface area contributed by atoms with E-state index >= 15 is 0 Å². The summed E-state index contributed by atoms with van der Waals surface area (Å²) in [5, 5.41) is 8.28. The van der Waals surface area contributed by atoms with E-state index in [2.05, 4.69) is 24.2 Å². The van der Waals surface area contributed by atoms with Crippen LogP contribution in [0.1, 0.15) is 52.1 Å². The van der Waals surface area contributed by atoms with Gasteiger partial charge in [0.1, 0.15) is 11.5 Å². The lowest BCUT2D eigenvalue weighted by Gasteiger charge is -2.08. The van der Waals surface area contributed by atoms with Crippen molar-refractivity contribution < 1.29 is 33.2 Å². The average Bonchev–Trinajstić information content (AvgIpc) is 3.25. The fourth-order valence-corrected chi connectivity index (χ4v) is 2.83. The number of aromatic nitrogens is 3. The highest BCUT2D eigenvalue weighted by molar-refractivity contribution is 5.75. The van der Waals surface area contributed by atoms with E-state index in [9.17, 15) is 4.79 Å². The molecular weight excluding hydrogens is 442 g/mol. The lowest BCUT2D eigenvalue weighted by atomic mass is 10.1. The monoisotopic (exact) mass is 487 g/mol. The third-order valence-electron chi connectivity index (χ3n) is 4.71. The van der Waals surface area contributed by atoms with E-state index in [0.29, 0.717) is 85.7 Å². The predicted octanol–water partition coefficient (Wildman–Crippen LogP) is 2.68. The lowest BCUT2D eigenvalue weighted by Crippen LogP contribution is -2.14. The van der Waals surface area contributed by atoms with Crippen molar-refractivity contribution in [2.75, 3.05) is 72.7 Å². The molecule has 0 bridgehead atoms. The SMILES string of the molecule is CC(=O)CCOCCOCCOCCOCCOCCOCc1cn(CCCCC(C)C)nn1. The maximum absolute atomic E-state index is 10.7. The van der Waals surface area contributed by atoms with Crippen LogP contribution in [0, 0.1) is 5.92 Å². The lowest BCUT2D eigenvalue weighted by molar-refractivity contribution is -0.118. The number of rotatable bonds is 25. The zero-order chi connectivity index (χ0) is 24.7. The highest BCUT2D eigenvalue weighted by atomic mass is 16.6. The minimum absolute atomic E-state index is 0.132. The Kier molecular flexibility index (Phi) is 19.9. The Morgan fingerprint density at radius 3 is 1.79 bits per heavy atom. The molecule has 10 nitrogen and oxygen atoms in total. The van der Waals surface area contributed by atoms with E-state index < -0.39 is 0 Å². The number of hydrogen-bond acceptors (Lipinski definition) is 9. The third-order valence-corrected chi connectivity index (χ3v) is 4.71. The van der Waals surface area contributed by atoms with Gasteiger partial charge in [0.25, 0.3) is 0 Å². The van der Waals surface area contributed by atoms with E-state index in [-0.39, 0.29) is 5.78 Å². The van der Waals surface area contributed by atoms with Crippen molar-refractivity contribution in [2.24, 2.45) is 5.92 Å². The maximum atomic E-state index is 10.7. The highest BCUT2D eigenvalue weighted by Crippen LogP contribution is 2.07. The van der Waals surface area contributed by atoms with Gasteiger partial charge in [-0.2, -0.15) is 0 Å². The number of aryl methyl sites for hydroxylation is 1. The van der Waals surface area contributed by atoms with Gasteiger partial charge in [0.05, 0.1) is 85.5 Å². The fraction of sp³-hybridized carbons (Fsp3) is 0.875. The van der Waals surface area contributed by atoms with E-state index in [1.165, 1.54) is 12.8 Å². The van der Waals surface area contributed by atoms with Crippen molar-refractivity contribution in [1.29, 1.82) is 0 Å². The number of hydrogen-bond donors (Lipinski definition) is 0. The van der Waals surface area contributed by atoms with Crippen LogP contribution < -0.4 is 0 Å². The van der Waals surface area contributed by atoms with Gasteiger partial charge in [0.2, 0.25) is 0 Å². The molecule has 1 rings (SSSR count). The quantitative estimate of drug-likeness (QED) is 0.193. The van der Waals surface area contributed by atoms with Crippen molar-refractivity contribution in [3.63, 3.8) is 0 Å². The molecule has 34 heavy (non-hydrogen) atoms. The standard InChI is InChI=1S/C24H45N3O7/c1-22(2)6-4-5-8-27-20-24(25-26-27)21-34-19-18-33-17-16-32-15-14-31-13-12-30-11-10-29-9-7-23(3)28/h20,22H,4-19,21H2,1-3H3. The molecular formula is C24H45N3O7. The summed E-state index contributed by atoms with van der Waals surface area (Å²) in [6, 6.07) is 0. The van der Waals surface area contributed by atoms with E-state index in [4.69, 9.17) is 28.4 Å². The topological polar surface area (TPSA) is 103 Å². The second-order valence-electron chi connectivity index (χ2n) is 8.43. The van der Waals surface area contributed by atoms with E-state index in [1.54, 1.807) is 6.92 Å². The molecule has 0 atom stereocenters. The second-order valence-corrected chi connectivity index (χ2v) is 8.43.